The van der Waals surface area contributed by atoms with E-state index in [4.69, 9.17) is 14.2 Å². The molecule has 2 aromatic rings. The van der Waals surface area contributed by atoms with E-state index in [1.165, 1.54) is 10.5 Å². The third-order valence-electron chi connectivity index (χ3n) is 5.72. The third kappa shape index (κ3) is 3.61. The summed E-state index contributed by atoms with van der Waals surface area (Å²) in [6.45, 7) is 3.78. The maximum absolute atomic E-state index is 13.1. The molecular formula is C23H26N2O5. The summed E-state index contributed by atoms with van der Waals surface area (Å²) in [5.74, 6) is 1.75. The van der Waals surface area contributed by atoms with E-state index in [9.17, 15) is 9.59 Å². The summed E-state index contributed by atoms with van der Waals surface area (Å²) in [4.78, 5) is 29.2. The highest BCUT2D eigenvalue weighted by Gasteiger charge is 2.43. The number of nitrogens with zero attached hydrogens (tertiary/aromatic N) is 2. The van der Waals surface area contributed by atoms with Gasteiger partial charge in [-0.1, -0.05) is 0 Å². The normalized spacial score (nSPS) is 19.0. The first-order valence-electron chi connectivity index (χ1n) is 10.1. The number of benzene rings is 2. The van der Waals surface area contributed by atoms with Crippen molar-refractivity contribution in [2.75, 3.05) is 32.3 Å². The molecule has 1 fully saturated rings. The highest BCUT2D eigenvalue weighted by molar-refractivity contribution is 6.22. The summed E-state index contributed by atoms with van der Waals surface area (Å²) in [5.41, 5.74) is 2.86. The Morgan fingerprint density at radius 2 is 1.67 bits per heavy atom. The van der Waals surface area contributed by atoms with E-state index in [0.29, 0.717) is 42.6 Å². The molecule has 4 rings (SSSR count). The Morgan fingerprint density at radius 3 is 2.30 bits per heavy atom. The van der Waals surface area contributed by atoms with Crippen LogP contribution in [-0.2, 0) is 22.6 Å². The van der Waals surface area contributed by atoms with Crippen LogP contribution in [0.5, 0.6) is 17.2 Å². The quantitative estimate of drug-likeness (QED) is 0.683. The molecule has 7 heteroatoms. The van der Waals surface area contributed by atoms with Gasteiger partial charge in [0.2, 0.25) is 5.91 Å². The fraction of sp³-hybridized carbons (Fsp3) is 0.391. The van der Waals surface area contributed by atoms with Crippen LogP contribution in [0.15, 0.2) is 36.4 Å². The highest BCUT2D eigenvalue weighted by Crippen LogP contribution is 2.35. The van der Waals surface area contributed by atoms with Crippen molar-refractivity contribution in [2.24, 2.45) is 0 Å². The number of anilines is 1. The molecule has 0 unspecified atom stereocenters. The molecule has 0 radical (unpaired) electrons. The van der Waals surface area contributed by atoms with Gasteiger partial charge < -0.3 is 14.2 Å². The van der Waals surface area contributed by atoms with E-state index in [2.05, 4.69) is 4.90 Å². The van der Waals surface area contributed by atoms with Crippen LogP contribution in [0, 0.1) is 0 Å². The Labute approximate surface area is 176 Å². The Balaban J connectivity index is 1.53. The number of carbonyl (C=O) groups excluding carboxylic acids is 2. The average molecular weight is 410 g/mol. The molecule has 0 aromatic heterocycles. The maximum atomic E-state index is 13.1. The van der Waals surface area contributed by atoms with Crippen molar-refractivity contribution in [1.82, 2.24) is 4.90 Å². The topological polar surface area (TPSA) is 68.3 Å². The van der Waals surface area contributed by atoms with Gasteiger partial charge in [0.05, 0.1) is 39.0 Å². The van der Waals surface area contributed by atoms with Crippen molar-refractivity contribution in [3.05, 3.63) is 47.5 Å². The highest BCUT2D eigenvalue weighted by atomic mass is 16.5. The van der Waals surface area contributed by atoms with Crippen LogP contribution in [-0.4, -0.2) is 50.1 Å². The minimum atomic E-state index is -0.453. The van der Waals surface area contributed by atoms with E-state index in [-0.39, 0.29) is 18.2 Å². The molecule has 0 N–H and O–H groups in total. The van der Waals surface area contributed by atoms with Gasteiger partial charge in [0, 0.05) is 13.1 Å². The number of methoxy groups -OCH3 is 2. The second kappa shape index (κ2) is 8.36. The molecular weight excluding hydrogens is 384 g/mol. The van der Waals surface area contributed by atoms with Gasteiger partial charge in [0.25, 0.3) is 5.91 Å². The van der Waals surface area contributed by atoms with Crippen LogP contribution >= 0.6 is 0 Å². The summed E-state index contributed by atoms with van der Waals surface area (Å²) >= 11 is 0. The molecule has 2 aliphatic rings. The number of carbonyl (C=O) groups is 2. The van der Waals surface area contributed by atoms with Gasteiger partial charge in [-0.05, 0) is 60.9 Å². The number of ether oxygens (including phenoxy) is 3. The van der Waals surface area contributed by atoms with Crippen LogP contribution in [0.25, 0.3) is 0 Å². The Morgan fingerprint density at radius 1 is 1.00 bits per heavy atom. The smallest absolute Gasteiger partial charge is 0.251 e. The molecule has 2 amide bonds. The van der Waals surface area contributed by atoms with Gasteiger partial charge in [0.1, 0.15) is 5.75 Å². The van der Waals surface area contributed by atoms with E-state index in [0.717, 1.165) is 12.0 Å². The van der Waals surface area contributed by atoms with Crippen molar-refractivity contribution < 1.29 is 23.8 Å². The van der Waals surface area contributed by atoms with Gasteiger partial charge >= 0.3 is 0 Å². The van der Waals surface area contributed by atoms with Gasteiger partial charge in [-0.25, -0.2) is 4.90 Å². The van der Waals surface area contributed by atoms with Crippen molar-refractivity contribution in [3.8, 4) is 17.2 Å². The number of amides is 2. The Kier molecular flexibility index (Phi) is 5.63. The molecule has 158 valence electrons. The number of rotatable bonds is 6. The number of imide groups is 1. The van der Waals surface area contributed by atoms with Crippen molar-refractivity contribution >= 4 is 17.5 Å². The van der Waals surface area contributed by atoms with Crippen LogP contribution in [0.4, 0.5) is 5.69 Å². The van der Waals surface area contributed by atoms with Crippen molar-refractivity contribution in [3.63, 3.8) is 0 Å². The molecule has 2 heterocycles. The van der Waals surface area contributed by atoms with E-state index < -0.39 is 6.04 Å². The largest absolute Gasteiger partial charge is 0.494 e. The molecule has 2 aromatic carbocycles. The van der Waals surface area contributed by atoms with Crippen molar-refractivity contribution in [1.29, 1.82) is 0 Å². The van der Waals surface area contributed by atoms with Crippen LogP contribution in [0.1, 0.15) is 24.5 Å². The summed E-state index contributed by atoms with van der Waals surface area (Å²) in [5, 5.41) is 0. The fourth-order valence-corrected chi connectivity index (χ4v) is 4.20. The third-order valence-corrected chi connectivity index (χ3v) is 5.72. The molecule has 0 saturated carbocycles. The van der Waals surface area contributed by atoms with E-state index in [1.807, 2.05) is 19.1 Å². The van der Waals surface area contributed by atoms with Gasteiger partial charge in [-0.2, -0.15) is 0 Å². The Hall–Kier alpha value is -3.06. The predicted molar refractivity (Wildman–Crippen MR) is 112 cm³/mol. The Bertz CT molecular complexity index is 957. The van der Waals surface area contributed by atoms with Gasteiger partial charge in [-0.15, -0.1) is 0 Å². The number of hydrogen-bond donors (Lipinski definition) is 0. The summed E-state index contributed by atoms with van der Waals surface area (Å²) in [6, 6.07) is 10.6. The molecule has 0 spiro atoms. The molecule has 0 aliphatic carbocycles. The monoisotopic (exact) mass is 410 g/mol. The van der Waals surface area contributed by atoms with Gasteiger partial charge in [-0.3, -0.25) is 14.5 Å². The fourth-order valence-electron chi connectivity index (χ4n) is 4.20. The van der Waals surface area contributed by atoms with Crippen LogP contribution in [0.3, 0.4) is 0 Å². The molecule has 0 bridgehead atoms. The second-order valence-corrected chi connectivity index (χ2v) is 7.41. The summed E-state index contributed by atoms with van der Waals surface area (Å²) in [6.07, 6.45) is 0.978. The molecule has 7 nitrogen and oxygen atoms in total. The van der Waals surface area contributed by atoms with Crippen LogP contribution in [0.2, 0.25) is 0 Å². The minimum Gasteiger partial charge on any atom is -0.494 e. The zero-order chi connectivity index (χ0) is 21.3. The zero-order valence-corrected chi connectivity index (χ0v) is 17.5. The maximum Gasteiger partial charge on any atom is 0.251 e. The average Bonchev–Trinajstić information content (AvgIpc) is 3.07. The first-order chi connectivity index (χ1) is 14.5. The van der Waals surface area contributed by atoms with Gasteiger partial charge in [0.15, 0.2) is 11.5 Å². The first-order valence-corrected chi connectivity index (χ1v) is 10.1. The second-order valence-electron chi connectivity index (χ2n) is 7.41. The van der Waals surface area contributed by atoms with Crippen LogP contribution < -0.4 is 19.1 Å². The standard InChI is InChI=1S/C23H26N2O5/c1-4-30-18-7-5-17(6-8-18)25-22(26)13-19(23(25)27)24-10-9-15-11-20(28-2)21(29-3)12-16(15)14-24/h5-8,11-12,19H,4,9-10,13-14H2,1-3H3/t19-/m1/s1. The predicted octanol–water partition coefficient (Wildman–Crippen LogP) is 2.79. The molecule has 30 heavy (non-hydrogen) atoms. The first kappa shape index (κ1) is 20.2. The van der Waals surface area contributed by atoms with E-state index in [1.54, 1.807) is 38.5 Å². The zero-order valence-electron chi connectivity index (χ0n) is 17.5. The number of hydrogen-bond acceptors (Lipinski definition) is 6. The SMILES string of the molecule is CCOc1ccc(N2C(=O)C[C@@H](N3CCc4cc(OC)c(OC)cc4C3)C2=O)cc1. The van der Waals surface area contributed by atoms with E-state index >= 15 is 0 Å². The summed E-state index contributed by atoms with van der Waals surface area (Å²) in [7, 11) is 3.23. The lowest BCUT2D eigenvalue weighted by molar-refractivity contribution is -0.123. The number of fused-ring (bicyclic) bond motifs is 1. The lowest BCUT2D eigenvalue weighted by atomic mass is 9.97. The summed E-state index contributed by atoms with van der Waals surface area (Å²) < 4.78 is 16.3. The molecule has 2 aliphatic heterocycles. The minimum absolute atomic E-state index is 0.173. The lowest BCUT2D eigenvalue weighted by Gasteiger charge is -2.32. The lowest BCUT2D eigenvalue weighted by Crippen LogP contribution is -2.44. The molecule has 1 saturated heterocycles. The van der Waals surface area contributed by atoms with Crippen molar-refractivity contribution in [2.45, 2.75) is 32.4 Å². The molecule has 1 atom stereocenters.